The maximum absolute atomic E-state index is 9.40. The highest BCUT2D eigenvalue weighted by atomic mass is 16.3. The SMILES string of the molecule is N#Cc1ccc(CCc2cc(O)c(O)c(O)c2)cc1. The summed E-state index contributed by atoms with van der Waals surface area (Å²) >= 11 is 0. The third-order valence-electron chi connectivity index (χ3n) is 2.91. The molecule has 0 bridgehead atoms. The maximum atomic E-state index is 9.40. The highest BCUT2D eigenvalue weighted by molar-refractivity contribution is 5.51. The van der Waals surface area contributed by atoms with E-state index in [4.69, 9.17) is 5.26 Å². The Bertz CT molecular complexity index is 604. The van der Waals surface area contributed by atoms with Crippen LogP contribution in [0.2, 0.25) is 0 Å². The predicted octanol–water partition coefficient (Wildman–Crippen LogP) is 2.46. The highest BCUT2D eigenvalue weighted by Crippen LogP contribution is 2.35. The van der Waals surface area contributed by atoms with Gasteiger partial charge in [0.1, 0.15) is 0 Å². The third kappa shape index (κ3) is 2.96. The fraction of sp³-hybridized carbons (Fsp3) is 0.133. The van der Waals surface area contributed by atoms with E-state index in [1.165, 1.54) is 12.1 Å². The molecule has 4 heteroatoms. The van der Waals surface area contributed by atoms with Gasteiger partial charge in [-0.25, -0.2) is 0 Å². The normalized spacial score (nSPS) is 10.1. The first-order valence-electron chi connectivity index (χ1n) is 5.83. The second kappa shape index (κ2) is 5.32. The van der Waals surface area contributed by atoms with Gasteiger partial charge >= 0.3 is 0 Å². The maximum Gasteiger partial charge on any atom is 0.200 e. The minimum absolute atomic E-state index is 0.324. The number of benzene rings is 2. The van der Waals surface area contributed by atoms with Crippen LogP contribution >= 0.6 is 0 Å². The van der Waals surface area contributed by atoms with Crippen molar-refractivity contribution in [1.82, 2.24) is 0 Å². The number of hydrogen-bond donors (Lipinski definition) is 3. The molecular formula is C15H13NO3. The second-order valence-electron chi connectivity index (χ2n) is 4.29. The van der Waals surface area contributed by atoms with Crippen molar-refractivity contribution in [2.45, 2.75) is 12.8 Å². The summed E-state index contributed by atoms with van der Waals surface area (Å²) in [5, 5.41) is 36.7. The van der Waals surface area contributed by atoms with Crippen LogP contribution in [-0.4, -0.2) is 15.3 Å². The molecule has 3 N–H and O–H groups in total. The number of phenols is 3. The van der Waals surface area contributed by atoms with Gasteiger partial charge < -0.3 is 15.3 Å². The molecule has 19 heavy (non-hydrogen) atoms. The van der Waals surface area contributed by atoms with Gasteiger partial charge in [-0.05, 0) is 48.2 Å². The lowest BCUT2D eigenvalue weighted by Crippen LogP contribution is -1.91. The van der Waals surface area contributed by atoms with Crippen molar-refractivity contribution in [1.29, 1.82) is 5.26 Å². The minimum Gasteiger partial charge on any atom is -0.504 e. The van der Waals surface area contributed by atoms with Crippen LogP contribution in [0.5, 0.6) is 17.2 Å². The molecule has 2 aromatic carbocycles. The molecular weight excluding hydrogens is 242 g/mol. The second-order valence-corrected chi connectivity index (χ2v) is 4.29. The lowest BCUT2D eigenvalue weighted by molar-refractivity contribution is 0.367. The van der Waals surface area contributed by atoms with Gasteiger partial charge in [0.15, 0.2) is 17.2 Å². The molecule has 0 saturated carbocycles. The van der Waals surface area contributed by atoms with Crippen LogP contribution in [0.25, 0.3) is 0 Å². The lowest BCUT2D eigenvalue weighted by atomic mass is 10.0. The molecule has 96 valence electrons. The number of rotatable bonds is 3. The molecule has 0 radical (unpaired) electrons. The minimum atomic E-state index is -0.498. The zero-order valence-electron chi connectivity index (χ0n) is 10.2. The van der Waals surface area contributed by atoms with Crippen LogP contribution in [0, 0.1) is 11.3 Å². The van der Waals surface area contributed by atoms with Crippen LogP contribution in [0.4, 0.5) is 0 Å². The first-order valence-corrected chi connectivity index (χ1v) is 5.83. The van der Waals surface area contributed by atoms with Gasteiger partial charge in [0.2, 0.25) is 0 Å². The summed E-state index contributed by atoms with van der Waals surface area (Å²) < 4.78 is 0. The Morgan fingerprint density at radius 3 is 1.89 bits per heavy atom. The summed E-state index contributed by atoms with van der Waals surface area (Å²) in [4.78, 5) is 0. The molecule has 0 unspecified atom stereocenters. The number of aryl methyl sites for hydroxylation is 2. The monoisotopic (exact) mass is 255 g/mol. The summed E-state index contributed by atoms with van der Waals surface area (Å²) in [7, 11) is 0. The average molecular weight is 255 g/mol. The molecule has 0 aliphatic rings. The lowest BCUT2D eigenvalue weighted by Gasteiger charge is -2.06. The molecule has 0 saturated heterocycles. The van der Waals surface area contributed by atoms with Gasteiger partial charge in [0.25, 0.3) is 0 Å². The van der Waals surface area contributed by atoms with Crippen molar-refractivity contribution in [2.75, 3.05) is 0 Å². The van der Waals surface area contributed by atoms with Crippen molar-refractivity contribution in [2.24, 2.45) is 0 Å². The first-order chi connectivity index (χ1) is 9.10. The van der Waals surface area contributed by atoms with Gasteiger partial charge in [0, 0.05) is 0 Å². The van der Waals surface area contributed by atoms with Gasteiger partial charge in [-0.1, -0.05) is 12.1 Å². The van der Waals surface area contributed by atoms with Crippen molar-refractivity contribution in [3.8, 4) is 23.3 Å². The first kappa shape index (κ1) is 12.8. The van der Waals surface area contributed by atoms with Crippen LogP contribution in [0.3, 0.4) is 0 Å². The topological polar surface area (TPSA) is 84.5 Å². The van der Waals surface area contributed by atoms with Crippen LogP contribution in [-0.2, 0) is 12.8 Å². The molecule has 0 heterocycles. The number of hydrogen-bond acceptors (Lipinski definition) is 4. The standard InChI is InChI=1S/C15H13NO3/c16-9-11-4-1-10(2-5-11)3-6-12-7-13(17)15(19)14(18)8-12/h1-2,4-5,7-8,17-19H,3,6H2. The predicted molar refractivity (Wildman–Crippen MR) is 70.0 cm³/mol. The molecule has 0 spiro atoms. The van der Waals surface area contributed by atoms with E-state index in [-0.39, 0.29) is 11.5 Å². The van der Waals surface area contributed by atoms with Crippen LogP contribution in [0.15, 0.2) is 36.4 Å². The number of phenolic OH excluding ortho intramolecular Hbond substituents is 3. The molecule has 0 aliphatic heterocycles. The Morgan fingerprint density at radius 2 is 1.37 bits per heavy atom. The van der Waals surface area contributed by atoms with Crippen molar-refractivity contribution < 1.29 is 15.3 Å². The Morgan fingerprint density at radius 1 is 0.842 bits per heavy atom. The molecule has 0 aromatic heterocycles. The quantitative estimate of drug-likeness (QED) is 0.735. The number of aromatic hydroxyl groups is 3. The van der Waals surface area contributed by atoms with Crippen molar-refractivity contribution in [3.63, 3.8) is 0 Å². The molecule has 4 nitrogen and oxygen atoms in total. The summed E-state index contributed by atoms with van der Waals surface area (Å²) in [6.07, 6.45) is 1.34. The summed E-state index contributed by atoms with van der Waals surface area (Å²) in [5.41, 5.74) is 2.41. The van der Waals surface area contributed by atoms with E-state index in [9.17, 15) is 15.3 Å². The zero-order chi connectivity index (χ0) is 13.8. The smallest absolute Gasteiger partial charge is 0.200 e. The van der Waals surface area contributed by atoms with Crippen molar-refractivity contribution in [3.05, 3.63) is 53.1 Å². The Labute approximate surface area is 110 Å². The van der Waals surface area contributed by atoms with E-state index in [0.717, 1.165) is 17.5 Å². The molecule has 2 aromatic rings. The van der Waals surface area contributed by atoms with E-state index in [2.05, 4.69) is 6.07 Å². The fourth-order valence-corrected chi connectivity index (χ4v) is 1.84. The largest absolute Gasteiger partial charge is 0.504 e. The van der Waals surface area contributed by atoms with Gasteiger partial charge in [-0.3, -0.25) is 0 Å². The third-order valence-corrected chi connectivity index (χ3v) is 2.91. The molecule has 0 amide bonds. The van der Waals surface area contributed by atoms with Gasteiger partial charge in [0.05, 0.1) is 11.6 Å². The van der Waals surface area contributed by atoms with E-state index in [1.54, 1.807) is 12.1 Å². The van der Waals surface area contributed by atoms with E-state index >= 15 is 0 Å². The summed E-state index contributed by atoms with van der Waals surface area (Å²) in [5.74, 6) is -1.15. The molecule has 0 aliphatic carbocycles. The van der Waals surface area contributed by atoms with Crippen molar-refractivity contribution >= 4 is 0 Å². The molecule has 0 fully saturated rings. The van der Waals surface area contributed by atoms with E-state index in [0.29, 0.717) is 12.0 Å². The Hall–Kier alpha value is -2.67. The summed E-state index contributed by atoms with van der Waals surface area (Å²) in [6, 6.07) is 12.2. The van der Waals surface area contributed by atoms with Crippen LogP contribution in [0.1, 0.15) is 16.7 Å². The van der Waals surface area contributed by atoms with E-state index in [1.807, 2.05) is 12.1 Å². The van der Waals surface area contributed by atoms with E-state index < -0.39 is 5.75 Å². The van der Waals surface area contributed by atoms with Gasteiger partial charge in [-0.2, -0.15) is 5.26 Å². The highest BCUT2D eigenvalue weighted by Gasteiger charge is 2.08. The average Bonchev–Trinajstić information content (AvgIpc) is 2.43. The fourth-order valence-electron chi connectivity index (χ4n) is 1.84. The number of nitrogens with zero attached hydrogens (tertiary/aromatic N) is 1. The molecule has 2 rings (SSSR count). The summed E-state index contributed by atoms with van der Waals surface area (Å²) in [6.45, 7) is 0. The van der Waals surface area contributed by atoms with Crippen LogP contribution < -0.4 is 0 Å². The Balaban J connectivity index is 2.08. The molecule has 0 atom stereocenters. The Kier molecular flexibility index (Phi) is 3.58. The number of nitriles is 1. The zero-order valence-corrected chi connectivity index (χ0v) is 10.2. The van der Waals surface area contributed by atoms with Gasteiger partial charge in [-0.15, -0.1) is 0 Å².